The Labute approximate surface area is 228 Å². The molecule has 38 heavy (non-hydrogen) atoms. The van der Waals surface area contributed by atoms with Crippen LogP contribution in [-0.2, 0) is 18.5 Å². The first-order valence-corrected chi connectivity index (χ1v) is 14.1. The van der Waals surface area contributed by atoms with Gasteiger partial charge < -0.3 is 5.32 Å². The van der Waals surface area contributed by atoms with Gasteiger partial charge in [-0.05, 0) is 105 Å². The minimum Gasteiger partial charge on any atom is -0.391 e. The lowest BCUT2D eigenvalue weighted by molar-refractivity contribution is 0.138. The number of benzene rings is 2. The topological polar surface area (TPSA) is 60.5 Å². The Morgan fingerprint density at radius 3 is 2.45 bits per heavy atom. The van der Waals surface area contributed by atoms with Crippen molar-refractivity contribution in [3.8, 4) is 6.07 Å². The van der Waals surface area contributed by atoms with E-state index in [4.69, 9.17) is 0 Å². The fraction of sp³-hybridized carbons (Fsp3) is 0.485. The largest absolute Gasteiger partial charge is 0.391 e. The van der Waals surface area contributed by atoms with Crippen LogP contribution in [0.25, 0.3) is 0 Å². The van der Waals surface area contributed by atoms with Crippen molar-refractivity contribution in [2.24, 2.45) is 10.2 Å². The molecule has 0 amide bonds. The van der Waals surface area contributed by atoms with Crippen molar-refractivity contribution in [1.82, 2.24) is 5.32 Å². The summed E-state index contributed by atoms with van der Waals surface area (Å²) in [6.07, 6.45) is 9.51. The molecule has 1 atom stereocenters. The second kappa shape index (κ2) is 14.0. The molecule has 0 spiro atoms. The van der Waals surface area contributed by atoms with Gasteiger partial charge in [0.15, 0.2) is 0 Å². The van der Waals surface area contributed by atoms with Gasteiger partial charge in [-0.3, -0.25) is 0 Å². The summed E-state index contributed by atoms with van der Waals surface area (Å²) in [5, 5.41) is 21.3. The molecule has 202 valence electrons. The van der Waals surface area contributed by atoms with E-state index in [-0.39, 0.29) is 0 Å². The van der Waals surface area contributed by atoms with E-state index in [1.807, 2.05) is 13.8 Å². The van der Waals surface area contributed by atoms with Crippen molar-refractivity contribution < 1.29 is 4.39 Å². The molecular formula is C33H43FN4. The molecule has 1 aliphatic carbocycles. The predicted octanol–water partition coefficient (Wildman–Crippen LogP) is 8.29. The molecule has 1 saturated carbocycles. The molecule has 0 heterocycles. The third-order valence-electron chi connectivity index (χ3n) is 7.80. The molecule has 1 N–H and O–H groups in total. The van der Waals surface area contributed by atoms with Crippen LogP contribution in [0, 0.1) is 11.3 Å². The fourth-order valence-corrected chi connectivity index (χ4v) is 5.23. The maximum atomic E-state index is 16.6. The van der Waals surface area contributed by atoms with Gasteiger partial charge in [0.1, 0.15) is 5.67 Å². The number of hydrogen-bond donors (Lipinski definition) is 1. The van der Waals surface area contributed by atoms with Crippen LogP contribution in [-0.4, -0.2) is 18.0 Å². The number of halogens is 1. The van der Waals surface area contributed by atoms with Gasteiger partial charge in [0.05, 0.1) is 17.3 Å². The molecule has 0 saturated heterocycles. The number of nitrogens with one attached hydrogen (secondary N) is 1. The van der Waals surface area contributed by atoms with Crippen LogP contribution < -0.4 is 5.32 Å². The maximum absolute atomic E-state index is 16.6. The molecule has 0 radical (unpaired) electrons. The highest BCUT2D eigenvalue weighted by Crippen LogP contribution is 2.40. The quantitative estimate of drug-likeness (QED) is 0.157. The highest BCUT2D eigenvalue weighted by atomic mass is 19.1. The first-order chi connectivity index (χ1) is 18.3. The second-order valence-electron chi connectivity index (χ2n) is 10.5. The second-order valence-corrected chi connectivity index (χ2v) is 10.5. The Hall–Kier alpha value is -3.26. The minimum atomic E-state index is -1.52. The van der Waals surface area contributed by atoms with Gasteiger partial charge in [0.2, 0.25) is 0 Å². The summed E-state index contributed by atoms with van der Waals surface area (Å²) in [5.74, 6) is 0.569. The Balaban J connectivity index is 1.96. The Morgan fingerprint density at radius 2 is 1.87 bits per heavy atom. The fourth-order valence-electron chi connectivity index (χ4n) is 5.23. The average molecular weight is 515 g/mol. The Kier molecular flexibility index (Phi) is 10.8. The van der Waals surface area contributed by atoms with E-state index in [1.165, 1.54) is 36.0 Å². The van der Waals surface area contributed by atoms with Crippen molar-refractivity contribution in [3.63, 3.8) is 0 Å². The van der Waals surface area contributed by atoms with Crippen LogP contribution in [0.5, 0.6) is 0 Å². The lowest BCUT2D eigenvalue weighted by Crippen LogP contribution is -2.26. The van der Waals surface area contributed by atoms with Gasteiger partial charge in [0, 0.05) is 24.2 Å². The molecular weight excluding hydrogens is 471 g/mol. The number of alkyl halides is 1. The zero-order chi connectivity index (χ0) is 27.5. The maximum Gasteiger partial charge on any atom is 0.138 e. The number of nitriles is 1. The molecule has 1 fully saturated rings. The molecule has 1 aliphatic rings. The SMILES string of the molecule is C=CNCCC(F)(CCc1cc(/C(C)=N/N=C(\C)CCC)c(C2CCC2)cc1CC)c1ccc(C#N)cc1. The average Bonchev–Trinajstić information content (AvgIpc) is 2.90. The first-order valence-electron chi connectivity index (χ1n) is 14.1. The van der Waals surface area contributed by atoms with Crippen molar-refractivity contribution >= 4 is 11.4 Å². The van der Waals surface area contributed by atoms with Crippen LogP contribution in [0.4, 0.5) is 4.39 Å². The van der Waals surface area contributed by atoms with E-state index in [9.17, 15) is 5.26 Å². The molecule has 0 bridgehead atoms. The predicted molar refractivity (Wildman–Crippen MR) is 158 cm³/mol. The number of nitrogens with zero attached hydrogens (tertiary/aromatic N) is 3. The van der Waals surface area contributed by atoms with Crippen LogP contribution in [0.15, 0.2) is 59.4 Å². The number of aryl methyl sites for hydroxylation is 2. The highest BCUT2D eigenvalue weighted by molar-refractivity contribution is 6.01. The van der Waals surface area contributed by atoms with Crippen LogP contribution in [0.1, 0.15) is 112 Å². The zero-order valence-electron chi connectivity index (χ0n) is 23.6. The standard InChI is InChI=1S/C33H43FN4/c1-6-10-24(4)37-38-25(5)31-22-29(27(7-2)21-32(31)28-11-9-12-28)17-18-33(34,19-20-36-8-3)30-15-13-26(23-35)14-16-30/h8,13-16,21-22,28,36H,3,6-7,9-12,17-20H2,1-2,4-5H3/b37-24+,38-25+. The molecule has 1 unspecified atom stereocenters. The van der Waals surface area contributed by atoms with Gasteiger partial charge >= 0.3 is 0 Å². The number of rotatable bonds is 14. The molecule has 2 aromatic carbocycles. The van der Waals surface area contributed by atoms with Gasteiger partial charge in [-0.1, -0.05) is 51.5 Å². The lowest BCUT2D eigenvalue weighted by Gasteiger charge is -2.30. The third-order valence-corrected chi connectivity index (χ3v) is 7.80. The lowest BCUT2D eigenvalue weighted by atomic mass is 9.75. The summed E-state index contributed by atoms with van der Waals surface area (Å²) < 4.78 is 16.6. The van der Waals surface area contributed by atoms with E-state index in [0.29, 0.717) is 42.9 Å². The minimum absolute atomic E-state index is 0.325. The normalized spacial score (nSPS) is 15.9. The van der Waals surface area contributed by atoms with Crippen molar-refractivity contribution in [3.05, 3.63) is 82.6 Å². The van der Waals surface area contributed by atoms with E-state index >= 15 is 4.39 Å². The Bertz CT molecular complexity index is 1180. The van der Waals surface area contributed by atoms with Crippen LogP contribution in [0.3, 0.4) is 0 Å². The highest BCUT2D eigenvalue weighted by Gasteiger charge is 2.32. The summed E-state index contributed by atoms with van der Waals surface area (Å²) in [5.41, 5.74) is 6.61. The summed E-state index contributed by atoms with van der Waals surface area (Å²) in [7, 11) is 0. The smallest absolute Gasteiger partial charge is 0.138 e. The Morgan fingerprint density at radius 1 is 1.13 bits per heavy atom. The monoisotopic (exact) mass is 514 g/mol. The van der Waals surface area contributed by atoms with E-state index in [2.05, 4.69) is 54.1 Å². The molecule has 4 nitrogen and oxygen atoms in total. The van der Waals surface area contributed by atoms with Crippen molar-refractivity contribution in [1.29, 1.82) is 5.26 Å². The molecule has 0 aromatic heterocycles. The van der Waals surface area contributed by atoms with Gasteiger partial charge in [-0.15, -0.1) is 0 Å². The molecule has 5 heteroatoms. The van der Waals surface area contributed by atoms with E-state index in [1.54, 1.807) is 30.5 Å². The molecule has 3 rings (SSSR count). The van der Waals surface area contributed by atoms with Gasteiger partial charge in [-0.25, -0.2) is 4.39 Å². The first kappa shape index (κ1) is 29.3. The van der Waals surface area contributed by atoms with Crippen molar-refractivity contribution in [2.75, 3.05) is 6.54 Å². The summed E-state index contributed by atoms with van der Waals surface area (Å²) >= 11 is 0. The molecule has 0 aliphatic heterocycles. The van der Waals surface area contributed by atoms with E-state index < -0.39 is 5.67 Å². The summed E-state index contributed by atoms with van der Waals surface area (Å²) in [6.45, 7) is 12.6. The number of hydrogen-bond acceptors (Lipinski definition) is 4. The third kappa shape index (κ3) is 7.40. The summed E-state index contributed by atoms with van der Waals surface area (Å²) in [4.78, 5) is 0. The van der Waals surface area contributed by atoms with Crippen molar-refractivity contribution in [2.45, 2.75) is 97.1 Å². The van der Waals surface area contributed by atoms with Crippen LogP contribution in [0.2, 0.25) is 0 Å². The van der Waals surface area contributed by atoms with Crippen LogP contribution >= 0.6 is 0 Å². The van der Waals surface area contributed by atoms with Gasteiger partial charge in [0.25, 0.3) is 0 Å². The zero-order valence-corrected chi connectivity index (χ0v) is 23.6. The van der Waals surface area contributed by atoms with Gasteiger partial charge in [-0.2, -0.15) is 15.5 Å². The molecule has 2 aromatic rings. The summed E-state index contributed by atoms with van der Waals surface area (Å²) in [6, 6.07) is 13.7. The van der Waals surface area contributed by atoms with E-state index in [0.717, 1.165) is 36.2 Å².